The van der Waals surface area contributed by atoms with Crippen molar-refractivity contribution in [2.75, 3.05) is 0 Å². The van der Waals surface area contributed by atoms with Gasteiger partial charge in [0.2, 0.25) is 0 Å². The number of H-pyrrole nitrogens is 1. The van der Waals surface area contributed by atoms with Gasteiger partial charge >= 0.3 is 6.18 Å². The average Bonchev–Trinajstić information content (AvgIpc) is 3.51. The lowest BCUT2D eigenvalue weighted by Gasteiger charge is -2.09. The molecule has 4 rings (SSSR count). The lowest BCUT2D eigenvalue weighted by atomic mass is 10.1. The van der Waals surface area contributed by atoms with Crippen LogP contribution in [0.5, 0.6) is 0 Å². The number of halogens is 4. The predicted octanol–water partition coefficient (Wildman–Crippen LogP) is 6.19. The summed E-state index contributed by atoms with van der Waals surface area (Å²) in [6, 6.07) is 8.97. The normalized spacial score (nSPS) is 13.5. The zero-order valence-corrected chi connectivity index (χ0v) is 19.1. The van der Waals surface area contributed by atoms with Crippen molar-refractivity contribution < 1.29 is 14.5 Å². The van der Waals surface area contributed by atoms with E-state index < -0.39 is 18.3 Å². The van der Waals surface area contributed by atoms with Gasteiger partial charge in [-0.15, -0.1) is 0 Å². The van der Waals surface area contributed by atoms with E-state index in [0.29, 0.717) is 40.6 Å². The van der Waals surface area contributed by atoms with E-state index in [1.807, 2.05) is 13.8 Å². The number of hydrogen-bond acceptors (Lipinski definition) is 3. The fourth-order valence-electron chi connectivity index (χ4n) is 3.58. The molecule has 0 saturated carbocycles. The maximum Gasteiger partial charge on any atom is 0.434 e. The molecule has 0 spiro atoms. The largest absolute Gasteiger partial charge is 0.434 e. The molecule has 10 heteroatoms. The number of imidazole rings is 1. The highest BCUT2D eigenvalue weighted by Crippen LogP contribution is 2.31. The number of aryl methyl sites for hydroxylation is 3. The predicted molar refractivity (Wildman–Crippen MR) is 121 cm³/mol. The van der Waals surface area contributed by atoms with E-state index in [0.717, 1.165) is 11.8 Å². The van der Waals surface area contributed by atoms with Gasteiger partial charge in [-0.2, -0.15) is 23.4 Å². The number of nitrogens with one attached hydrogen (secondary N) is 1. The maximum absolute atomic E-state index is 13.1. The average molecular weight is 478 g/mol. The van der Waals surface area contributed by atoms with E-state index in [1.54, 1.807) is 48.1 Å². The van der Waals surface area contributed by atoms with Gasteiger partial charge in [-0.05, 0) is 45.2 Å². The van der Waals surface area contributed by atoms with Gasteiger partial charge in [0, 0.05) is 31.4 Å². The van der Waals surface area contributed by atoms with Crippen molar-refractivity contribution in [3.63, 3.8) is 0 Å². The van der Waals surface area contributed by atoms with Crippen molar-refractivity contribution in [2.45, 2.75) is 52.4 Å². The van der Waals surface area contributed by atoms with Gasteiger partial charge in [0.15, 0.2) is 5.69 Å². The van der Waals surface area contributed by atoms with Crippen LogP contribution in [0.25, 0.3) is 22.8 Å². The first-order chi connectivity index (χ1) is 16.1. The molecule has 174 valence electrons. The molecule has 0 aliphatic heterocycles. The third-order valence-electron chi connectivity index (χ3n) is 5.26. The smallest absolute Gasteiger partial charge is 0.331 e. The second kappa shape index (κ2) is 9.05. The van der Waals surface area contributed by atoms with Crippen molar-refractivity contribution in [3.05, 3.63) is 64.7 Å². The summed E-state index contributed by atoms with van der Waals surface area (Å²) >= 11 is 6.30. The Morgan fingerprint density at radius 2 is 1.94 bits per heavy atom. The van der Waals surface area contributed by atoms with Crippen LogP contribution in [0.4, 0.5) is 13.2 Å². The van der Waals surface area contributed by atoms with Crippen molar-refractivity contribution >= 4 is 11.6 Å². The Bertz CT molecular complexity index is 1270. The SMILES string of the molecule is [2H]C(Cc1ccc(-c2nc(C(F)(F)F)cn2CC)cc1)c1cc(-c2c(Cl)cnn2C(C)C)n[nH]1. The van der Waals surface area contributed by atoms with E-state index in [4.69, 9.17) is 13.0 Å². The highest BCUT2D eigenvalue weighted by molar-refractivity contribution is 6.32. The maximum atomic E-state index is 13.1. The monoisotopic (exact) mass is 477 g/mol. The minimum atomic E-state index is -4.49. The molecule has 0 amide bonds. The van der Waals surface area contributed by atoms with E-state index in [-0.39, 0.29) is 11.9 Å². The zero-order chi connectivity index (χ0) is 24.6. The quantitative estimate of drug-likeness (QED) is 0.345. The molecule has 0 aliphatic rings. The van der Waals surface area contributed by atoms with Crippen LogP contribution in [0.2, 0.25) is 5.02 Å². The van der Waals surface area contributed by atoms with Gasteiger partial charge in [0.05, 0.1) is 11.2 Å². The summed E-state index contributed by atoms with van der Waals surface area (Å²) in [5.74, 6) is 0.264. The van der Waals surface area contributed by atoms with Crippen LogP contribution in [-0.2, 0) is 25.5 Å². The van der Waals surface area contributed by atoms with Crippen LogP contribution in [0.1, 0.15) is 45.1 Å². The molecule has 1 atom stereocenters. The first-order valence-electron chi connectivity index (χ1n) is 11.1. The molecule has 1 aromatic carbocycles. The molecular formula is C23H24ClF3N6. The Morgan fingerprint density at radius 1 is 1.21 bits per heavy atom. The molecule has 1 unspecified atom stereocenters. The molecule has 0 radical (unpaired) electrons. The number of benzene rings is 1. The van der Waals surface area contributed by atoms with Crippen LogP contribution < -0.4 is 0 Å². The summed E-state index contributed by atoms with van der Waals surface area (Å²) in [5.41, 5.74) is 2.49. The molecule has 1 N–H and O–H groups in total. The first kappa shape index (κ1) is 21.8. The van der Waals surface area contributed by atoms with Gasteiger partial charge in [0.1, 0.15) is 17.2 Å². The minimum Gasteiger partial charge on any atom is -0.331 e. The Labute approximate surface area is 195 Å². The second-order valence-corrected chi connectivity index (χ2v) is 8.33. The Hall–Kier alpha value is -3.07. The highest BCUT2D eigenvalue weighted by Gasteiger charge is 2.34. The summed E-state index contributed by atoms with van der Waals surface area (Å²) in [7, 11) is 0. The summed E-state index contributed by atoms with van der Waals surface area (Å²) in [4.78, 5) is 3.78. The second-order valence-electron chi connectivity index (χ2n) is 7.93. The highest BCUT2D eigenvalue weighted by atomic mass is 35.5. The molecule has 3 aromatic heterocycles. The van der Waals surface area contributed by atoms with E-state index >= 15 is 0 Å². The molecule has 0 fully saturated rings. The number of nitrogens with zero attached hydrogens (tertiary/aromatic N) is 5. The van der Waals surface area contributed by atoms with Crippen LogP contribution in [0.15, 0.2) is 42.7 Å². The van der Waals surface area contributed by atoms with Crippen molar-refractivity contribution in [2.24, 2.45) is 0 Å². The van der Waals surface area contributed by atoms with E-state index in [9.17, 15) is 13.2 Å². The molecular weight excluding hydrogens is 453 g/mol. The summed E-state index contributed by atoms with van der Waals surface area (Å²) < 4.78 is 51.0. The topological polar surface area (TPSA) is 64.3 Å². The van der Waals surface area contributed by atoms with Gasteiger partial charge in [0.25, 0.3) is 0 Å². The fourth-order valence-corrected chi connectivity index (χ4v) is 3.80. The van der Waals surface area contributed by atoms with Crippen LogP contribution >= 0.6 is 11.6 Å². The molecule has 0 saturated heterocycles. The van der Waals surface area contributed by atoms with Gasteiger partial charge in [-0.3, -0.25) is 9.78 Å². The lowest BCUT2D eigenvalue weighted by molar-refractivity contribution is -0.140. The summed E-state index contributed by atoms with van der Waals surface area (Å²) in [6.45, 7) is 6.13. The number of hydrogen-bond donors (Lipinski definition) is 1. The number of aromatic amines is 1. The van der Waals surface area contributed by atoms with E-state index in [1.165, 1.54) is 4.57 Å². The van der Waals surface area contributed by atoms with Gasteiger partial charge in [-0.1, -0.05) is 35.9 Å². The zero-order valence-electron chi connectivity index (χ0n) is 19.4. The first-order valence-corrected chi connectivity index (χ1v) is 10.9. The summed E-state index contributed by atoms with van der Waals surface area (Å²) in [6.07, 6.45) is -2.11. The Morgan fingerprint density at radius 3 is 2.58 bits per heavy atom. The third kappa shape index (κ3) is 4.83. The van der Waals surface area contributed by atoms with E-state index in [2.05, 4.69) is 20.3 Å². The third-order valence-corrected chi connectivity index (χ3v) is 5.53. The van der Waals surface area contributed by atoms with Gasteiger partial charge < -0.3 is 4.57 Å². The molecule has 6 nitrogen and oxygen atoms in total. The number of aromatic nitrogens is 6. The van der Waals surface area contributed by atoms with Crippen LogP contribution in [0.3, 0.4) is 0 Å². The Balaban J connectivity index is 1.51. The van der Waals surface area contributed by atoms with Crippen molar-refractivity contribution in [3.8, 4) is 22.8 Å². The summed E-state index contributed by atoms with van der Waals surface area (Å²) in [5, 5.41) is 12.0. The lowest BCUT2D eigenvalue weighted by Crippen LogP contribution is -2.05. The Kier molecular flexibility index (Phi) is 5.97. The minimum absolute atomic E-state index is 0.100. The molecule has 4 aromatic rings. The molecule has 0 bridgehead atoms. The van der Waals surface area contributed by atoms with Crippen molar-refractivity contribution in [1.82, 2.24) is 29.5 Å². The number of rotatable bonds is 7. The van der Waals surface area contributed by atoms with Crippen molar-refractivity contribution in [1.29, 1.82) is 0 Å². The van der Waals surface area contributed by atoms with Crippen LogP contribution in [-0.4, -0.2) is 29.5 Å². The standard InChI is InChI=1S/C23H24ClF3N6/c1-4-32-13-20(23(25,26)27)29-22(32)16-8-5-15(6-9-16)7-10-17-11-19(31-30-17)21-18(24)12-28-33(21)14(2)3/h5-6,8-9,11-14H,4,7,10H2,1-3H3,(H,30,31)/i10D. The fraction of sp³-hybridized carbons (Fsp3) is 0.348. The molecule has 3 heterocycles. The molecule has 0 aliphatic carbocycles. The number of alkyl halides is 3. The van der Waals surface area contributed by atoms with Crippen LogP contribution in [0, 0.1) is 0 Å². The molecule has 33 heavy (non-hydrogen) atoms. The van der Waals surface area contributed by atoms with Gasteiger partial charge in [-0.25, -0.2) is 4.98 Å².